The number of carboxylic acid groups (broad SMARTS) is 1. The van der Waals surface area contributed by atoms with Gasteiger partial charge in [-0.05, 0) is 49.9 Å². The molecule has 0 spiro atoms. The summed E-state index contributed by atoms with van der Waals surface area (Å²) in [6.45, 7) is 3.76. The van der Waals surface area contributed by atoms with Gasteiger partial charge in [-0.2, -0.15) is 0 Å². The summed E-state index contributed by atoms with van der Waals surface area (Å²) in [4.78, 5) is 25.7. The zero-order valence-corrected chi connectivity index (χ0v) is 21.0. The molecule has 2 aliphatic heterocycles. The van der Waals surface area contributed by atoms with E-state index in [4.69, 9.17) is 30.9 Å². The van der Waals surface area contributed by atoms with Crippen LogP contribution in [0, 0.1) is 5.92 Å². The number of carbonyl (C=O) groups excluding carboxylic acids is 1. The minimum atomic E-state index is -1.11. The van der Waals surface area contributed by atoms with Crippen LogP contribution < -0.4 is 16.0 Å². The lowest BCUT2D eigenvalue weighted by Crippen LogP contribution is -2.54. The van der Waals surface area contributed by atoms with E-state index in [0.29, 0.717) is 37.2 Å². The summed E-state index contributed by atoms with van der Waals surface area (Å²) >= 11 is 6.20. The van der Waals surface area contributed by atoms with E-state index in [0.717, 1.165) is 38.0 Å². The van der Waals surface area contributed by atoms with Gasteiger partial charge in [-0.1, -0.05) is 23.7 Å². The molecule has 0 bridgehead atoms. The van der Waals surface area contributed by atoms with E-state index >= 15 is 0 Å². The lowest BCUT2D eigenvalue weighted by atomic mass is 9.92. The first kappa shape index (κ1) is 27.5. The minimum Gasteiger partial charge on any atom is -0.465 e. The smallest absolute Gasteiger partial charge is 0.404 e. The van der Waals surface area contributed by atoms with Crippen molar-refractivity contribution in [1.29, 1.82) is 0 Å². The lowest BCUT2D eigenvalue weighted by molar-refractivity contribution is -0.105. The molecule has 2 saturated heterocycles. The third-order valence-corrected chi connectivity index (χ3v) is 6.54. The number of nitrogens with one attached hydrogen (secondary N) is 3. The van der Waals surface area contributed by atoms with Crippen LogP contribution in [0.2, 0.25) is 5.02 Å². The van der Waals surface area contributed by atoms with E-state index < -0.39 is 18.3 Å². The number of morpholine rings is 1. The first-order valence-corrected chi connectivity index (χ1v) is 12.6. The summed E-state index contributed by atoms with van der Waals surface area (Å²) < 4.78 is 17.5. The van der Waals surface area contributed by atoms with Gasteiger partial charge in [0.25, 0.3) is 0 Å². The Hall–Kier alpha value is -2.11. The third kappa shape index (κ3) is 9.12. The summed E-state index contributed by atoms with van der Waals surface area (Å²) in [5.74, 6) is 0.542. The second-order valence-electron chi connectivity index (χ2n) is 8.93. The fraction of sp³-hybridized carbons (Fsp3) is 0.667. The SMILES string of the molecule is CNCC(CC1CCOCC1)NC(=O)N1CCOC(C(OCCNC(=O)O)c2cccc(Cl)c2)C1. The number of urea groups is 1. The van der Waals surface area contributed by atoms with Gasteiger partial charge in [-0.15, -0.1) is 0 Å². The number of likely N-dealkylation sites (N-methyl/N-ethyl adjacent to an activating group) is 1. The van der Waals surface area contributed by atoms with Crippen LogP contribution in [0.3, 0.4) is 0 Å². The Labute approximate surface area is 211 Å². The van der Waals surface area contributed by atoms with Crippen molar-refractivity contribution in [3.63, 3.8) is 0 Å². The predicted octanol–water partition coefficient (Wildman–Crippen LogP) is 2.48. The number of benzene rings is 1. The molecule has 3 amide bonds. The summed E-state index contributed by atoms with van der Waals surface area (Å²) in [7, 11) is 1.89. The average molecular weight is 513 g/mol. The van der Waals surface area contributed by atoms with Crippen LogP contribution in [0.4, 0.5) is 9.59 Å². The molecular weight excluding hydrogens is 476 g/mol. The van der Waals surface area contributed by atoms with Crippen molar-refractivity contribution in [1.82, 2.24) is 20.9 Å². The van der Waals surface area contributed by atoms with E-state index in [1.54, 1.807) is 17.0 Å². The van der Waals surface area contributed by atoms with Gasteiger partial charge in [0.15, 0.2) is 0 Å². The maximum atomic E-state index is 13.2. The summed E-state index contributed by atoms with van der Waals surface area (Å²) in [5, 5.41) is 18.1. The Balaban J connectivity index is 1.62. The van der Waals surface area contributed by atoms with Gasteiger partial charge >= 0.3 is 12.1 Å². The number of rotatable bonds is 11. The van der Waals surface area contributed by atoms with Gasteiger partial charge < -0.3 is 40.2 Å². The molecule has 10 nitrogen and oxygen atoms in total. The van der Waals surface area contributed by atoms with E-state index in [9.17, 15) is 9.59 Å². The maximum absolute atomic E-state index is 13.2. The van der Waals surface area contributed by atoms with E-state index in [1.807, 2.05) is 19.2 Å². The second-order valence-corrected chi connectivity index (χ2v) is 9.37. The highest BCUT2D eigenvalue weighted by molar-refractivity contribution is 6.30. The number of hydrogen-bond donors (Lipinski definition) is 4. The normalized spacial score (nSPS) is 20.7. The summed E-state index contributed by atoms with van der Waals surface area (Å²) in [6, 6.07) is 7.20. The van der Waals surface area contributed by atoms with Crippen molar-refractivity contribution < 1.29 is 28.9 Å². The van der Waals surface area contributed by atoms with E-state index in [-0.39, 0.29) is 25.2 Å². The highest BCUT2D eigenvalue weighted by atomic mass is 35.5. The highest BCUT2D eigenvalue weighted by Gasteiger charge is 2.33. The molecule has 11 heteroatoms. The van der Waals surface area contributed by atoms with Crippen molar-refractivity contribution >= 4 is 23.7 Å². The zero-order valence-electron chi connectivity index (χ0n) is 20.2. The maximum Gasteiger partial charge on any atom is 0.404 e. The number of halogens is 1. The lowest BCUT2D eigenvalue weighted by Gasteiger charge is -2.38. The molecule has 1 aromatic rings. The number of carbonyl (C=O) groups is 2. The molecule has 2 heterocycles. The fourth-order valence-corrected chi connectivity index (χ4v) is 4.78. The third-order valence-electron chi connectivity index (χ3n) is 6.31. The second kappa shape index (κ2) is 14.4. The summed E-state index contributed by atoms with van der Waals surface area (Å²) in [5.41, 5.74) is 0.813. The van der Waals surface area contributed by atoms with Crippen molar-refractivity contribution in [3.05, 3.63) is 34.9 Å². The molecule has 1 aromatic carbocycles. The molecule has 196 valence electrons. The number of ether oxygens (including phenoxy) is 3. The Bertz CT molecular complexity index is 810. The van der Waals surface area contributed by atoms with Crippen molar-refractivity contribution in [2.45, 2.75) is 37.5 Å². The molecule has 3 atom stereocenters. The van der Waals surface area contributed by atoms with Gasteiger partial charge in [0.05, 0.1) is 19.8 Å². The molecule has 35 heavy (non-hydrogen) atoms. The van der Waals surface area contributed by atoms with Crippen molar-refractivity contribution in [2.24, 2.45) is 5.92 Å². The van der Waals surface area contributed by atoms with Crippen LogP contribution in [-0.4, -0.2) is 93.9 Å². The zero-order chi connectivity index (χ0) is 25.0. The molecule has 0 saturated carbocycles. The topological polar surface area (TPSA) is 121 Å². The molecule has 2 fully saturated rings. The Morgan fingerprint density at radius 2 is 2.09 bits per heavy atom. The van der Waals surface area contributed by atoms with Crippen LogP contribution >= 0.6 is 11.6 Å². The Morgan fingerprint density at radius 1 is 1.29 bits per heavy atom. The minimum absolute atomic E-state index is 0.0268. The molecular formula is C24H37ClN4O6. The Kier molecular flexibility index (Phi) is 11.3. The van der Waals surface area contributed by atoms with Crippen LogP contribution in [-0.2, 0) is 14.2 Å². The van der Waals surface area contributed by atoms with E-state index in [1.165, 1.54) is 0 Å². The van der Waals surface area contributed by atoms with Gasteiger partial charge in [-0.3, -0.25) is 0 Å². The first-order chi connectivity index (χ1) is 17.0. The van der Waals surface area contributed by atoms with Gasteiger partial charge in [0.2, 0.25) is 0 Å². The summed E-state index contributed by atoms with van der Waals surface area (Å²) in [6.07, 6.45) is 0.915. The molecule has 3 rings (SSSR count). The number of hydrogen-bond acceptors (Lipinski definition) is 6. The molecule has 0 aliphatic carbocycles. The first-order valence-electron chi connectivity index (χ1n) is 12.2. The van der Waals surface area contributed by atoms with Gasteiger partial charge in [0.1, 0.15) is 12.2 Å². The Morgan fingerprint density at radius 3 is 2.80 bits per heavy atom. The van der Waals surface area contributed by atoms with Crippen LogP contribution in [0.1, 0.15) is 30.9 Å². The largest absolute Gasteiger partial charge is 0.465 e. The predicted molar refractivity (Wildman–Crippen MR) is 132 cm³/mol. The van der Waals surface area contributed by atoms with Gasteiger partial charge in [0, 0.05) is 43.9 Å². The molecule has 0 radical (unpaired) electrons. The van der Waals surface area contributed by atoms with Crippen LogP contribution in [0.25, 0.3) is 0 Å². The highest BCUT2D eigenvalue weighted by Crippen LogP contribution is 2.28. The van der Waals surface area contributed by atoms with Crippen molar-refractivity contribution in [2.75, 3.05) is 59.7 Å². The standard InChI is InChI=1S/C24H37ClN4O6/c1-26-15-20(13-17-5-9-33-10-6-17)28-23(30)29-8-12-34-21(16-29)22(35-11-7-27-24(31)32)18-3-2-4-19(25)14-18/h2-4,14,17,20-22,26-27H,5-13,15-16H2,1H3,(H,28,30)(H,31,32). The molecule has 3 unspecified atom stereocenters. The van der Waals surface area contributed by atoms with E-state index in [2.05, 4.69) is 16.0 Å². The van der Waals surface area contributed by atoms with Crippen LogP contribution in [0.5, 0.6) is 0 Å². The van der Waals surface area contributed by atoms with Crippen LogP contribution in [0.15, 0.2) is 24.3 Å². The quantitative estimate of drug-likeness (QED) is 0.336. The average Bonchev–Trinajstić information content (AvgIpc) is 2.84. The molecule has 2 aliphatic rings. The monoisotopic (exact) mass is 512 g/mol. The number of amides is 3. The van der Waals surface area contributed by atoms with Gasteiger partial charge in [-0.25, -0.2) is 9.59 Å². The fourth-order valence-electron chi connectivity index (χ4n) is 4.58. The molecule has 4 N–H and O–H groups in total. The number of nitrogens with zero attached hydrogens (tertiary/aromatic N) is 1. The molecule has 0 aromatic heterocycles. The van der Waals surface area contributed by atoms with Crippen molar-refractivity contribution in [3.8, 4) is 0 Å².